The molecule has 33 heavy (non-hydrogen) atoms. The summed E-state index contributed by atoms with van der Waals surface area (Å²) < 4.78 is 10.3. The van der Waals surface area contributed by atoms with E-state index in [-0.39, 0.29) is 22.7 Å². The maximum absolute atomic E-state index is 12.9. The van der Waals surface area contributed by atoms with Crippen molar-refractivity contribution in [3.63, 3.8) is 0 Å². The first kappa shape index (κ1) is 21.9. The topological polar surface area (TPSA) is 116 Å². The van der Waals surface area contributed by atoms with Gasteiger partial charge in [-0.3, -0.25) is 19.9 Å². The summed E-state index contributed by atoms with van der Waals surface area (Å²) in [7, 11) is 2.76. The highest BCUT2D eigenvalue weighted by Gasteiger charge is 2.24. The van der Waals surface area contributed by atoms with Crippen LogP contribution in [0.1, 0.15) is 10.4 Å². The second kappa shape index (κ2) is 9.45. The minimum Gasteiger partial charge on any atom is -0.493 e. The Labute approximate surface area is 192 Å². The summed E-state index contributed by atoms with van der Waals surface area (Å²) in [4.78, 5) is 32.6. The number of nitro benzene ring substituents is 1. The molecule has 0 saturated heterocycles. The molecule has 0 unspecified atom stereocenters. The predicted octanol–water partition coefficient (Wildman–Crippen LogP) is 5.05. The van der Waals surface area contributed by atoms with Crippen molar-refractivity contribution >= 4 is 28.6 Å². The number of pyridine rings is 1. The average Bonchev–Trinajstić information content (AvgIpc) is 3.34. The first-order valence-corrected chi connectivity index (χ1v) is 10.6. The number of methoxy groups -OCH3 is 2. The Balaban J connectivity index is 1.61. The fourth-order valence-corrected chi connectivity index (χ4v) is 4.00. The number of thiazole rings is 1. The second-order valence-corrected chi connectivity index (χ2v) is 7.65. The lowest BCUT2D eigenvalue weighted by atomic mass is 10.1. The number of carbonyl (C=O) groups excluding carboxylic acids is 1. The van der Waals surface area contributed by atoms with Gasteiger partial charge in [0, 0.05) is 40.7 Å². The number of amides is 1. The van der Waals surface area contributed by atoms with E-state index in [4.69, 9.17) is 9.47 Å². The number of nitro groups is 1. The zero-order chi connectivity index (χ0) is 23.4. The normalized spacial score (nSPS) is 10.5. The highest BCUT2D eigenvalue weighted by atomic mass is 32.1. The predicted molar refractivity (Wildman–Crippen MR) is 125 cm³/mol. The van der Waals surface area contributed by atoms with E-state index in [1.54, 1.807) is 30.6 Å². The van der Waals surface area contributed by atoms with Gasteiger partial charge in [-0.2, -0.15) is 0 Å². The molecular weight excluding hydrogens is 444 g/mol. The number of aromatic nitrogens is 2. The van der Waals surface area contributed by atoms with E-state index < -0.39 is 10.8 Å². The van der Waals surface area contributed by atoms with Gasteiger partial charge in [0.15, 0.2) is 11.5 Å². The van der Waals surface area contributed by atoms with Gasteiger partial charge in [-0.1, -0.05) is 12.1 Å². The lowest BCUT2D eigenvalue weighted by Crippen LogP contribution is -2.14. The van der Waals surface area contributed by atoms with Crippen LogP contribution >= 0.6 is 11.3 Å². The van der Waals surface area contributed by atoms with Gasteiger partial charge in [-0.25, -0.2) is 4.98 Å². The van der Waals surface area contributed by atoms with Crippen molar-refractivity contribution in [2.24, 2.45) is 0 Å². The van der Waals surface area contributed by atoms with Crippen LogP contribution in [0, 0.1) is 10.1 Å². The van der Waals surface area contributed by atoms with Crippen LogP contribution in [0.4, 0.5) is 11.4 Å². The summed E-state index contributed by atoms with van der Waals surface area (Å²) in [5.41, 5.74) is 2.39. The summed E-state index contributed by atoms with van der Waals surface area (Å²) >= 11 is 1.49. The van der Waals surface area contributed by atoms with E-state index in [0.29, 0.717) is 5.69 Å². The van der Waals surface area contributed by atoms with E-state index in [2.05, 4.69) is 15.3 Å². The SMILES string of the molecule is COc1cc(C(=O)Nc2cccc(-c3csc(-c4cccnc4)n3)c2)c([N+](=O)[O-])cc1OC. The number of ether oxygens (including phenoxy) is 2. The Morgan fingerprint density at radius 3 is 2.52 bits per heavy atom. The third kappa shape index (κ3) is 4.65. The van der Waals surface area contributed by atoms with Crippen molar-refractivity contribution in [1.82, 2.24) is 9.97 Å². The highest BCUT2D eigenvalue weighted by Crippen LogP contribution is 2.35. The maximum atomic E-state index is 12.9. The van der Waals surface area contributed by atoms with Crippen molar-refractivity contribution < 1.29 is 19.2 Å². The van der Waals surface area contributed by atoms with Gasteiger partial charge in [0.1, 0.15) is 10.6 Å². The third-order valence-electron chi connectivity index (χ3n) is 4.77. The number of nitrogens with one attached hydrogen (secondary N) is 1. The standard InChI is InChI=1S/C23H18N4O5S/c1-31-20-10-17(19(27(29)30)11-21(20)32-2)22(28)25-16-7-3-5-14(9-16)18-13-33-23(26-18)15-6-4-8-24-12-15/h3-13H,1-2H3,(H,25,28). The molecule has 166 valence electrons. The summed E-state index contributed by atoms with van der Waals surface area (Å²) in [5.74, 6) is -0.266. The van der Waals surface area contributed by atoms with Gasteiger partial charge in [0.2, 0.25) is 0 Å². The second-order valence-electron chi connectivity index (χ2n) is 6.80. The van der Waals surface area contributed by atoms with E-state index in [9.17, 15) is 14.9 Å². The molecule has 4 rings (SSSR count). The molecule has 0 aliphatic heterocycles. The molecule has 1 N–H and O–H groups in total. The molecule has 1 amide bonds. The molecule has 0 bridgehead atoms. The van der Waals surface area contributed by atoms with Crippen molar-refractivity contribution in [3.8, 4) is 33.3 Å². The smallest absolute Gasteiger partial charge is 0.286 e. The molecular formula is C23H18N4O5S. The average molecular weight is 462 g/mol. The molecule has 0 fully saturated rings. The maximum Gasteiger partial charge on any atom is 0.286 e. The minimum atomic E-state index is -0.644. The Morgan fingerprint density at radius 2 is 1.82 bits per heavy atom. The zero-order valence-corrected chi connectivity index (χ0v) is 18.5. The number of rotatable bonds is 7. The fraction of sp³-hybridized carbons (Fsp3) is 0.0870. The summed E-state index contributed by atoms with van der Waals surface area (Å²) in [6, 6.07) is 13.3. The van der Waals surface area contributed by atoms with E-state index in [0.717, 1.165) is 21.8 Å². The van der Waals surface area contributed by atoms with E-state index in [1.165, 1.54) is 37.7 Å². The van der Waals surface area contributed by atoms with Gasteiger partial charge in [0.05, 0.1) is 30.9 Å². The lowest BCUT2D eigenvalue weighted by Gasteiger charge is -2.11. The van der Waals surface area contributed by atoms with E-state index in [1.807, 2.05) is 23.6 Å². The summed E-state index contributed by atoms with van der Waals surface area (Å²) in [5, 5.41) is 17.0. The molecule has 2 aromatic heterocycles. The highest BCUT2D eigenvalue weighted by molar-refractivity contribution is 7.13. The molecule has 2 heterocycles. The number of benzene rings is 2. The van der Waals surface area contributed by atoms with Crippen LogP contribution in [0.5, 0.6) is 11.5 Å². The van der Waals surface area contributed by atoms with Gasteiger partial charge in [-0.05, 0) is 24.3 Å². The molecule has 0 saturated carbocycles. The Kier molecular flexibility index (Phi) is 6.27. The number of nitrogens with zero attached hydrogens (tertiary/aromatic N) is 3. The molecule has 0 radical (unpaired) electrons. The summed E-state index contributed by atoms with van der Waals surface area (Å²) in [6.07, 6.45) is 3.45. The van der Waals surface area contributed by atoms with Crippen LogP contribution in [0.25, 0.3) is 21.8 Å². The van der Waals surface area contributed by atoms with Gasteiger partial charge in [0.25, 0.3) is 11.6 Å². The Bertz CT molecular complexity index is 1320. The van der Waals surface area contributed by atoms with Crippen LogP contribution in [-0.2, 0) is 0 Å². The van der Waals surface area contributed by atoms with Crippen molar-refractivity contribution in [2.75, 3.05) is 19.5 Å². The first-order valence-electron chi connectivity index (χ1n) is 9.68. The number of carbonyl (C=O) groups is 1. The van der Waals surface area contributed by atoms with Crippen molar-refractivity contribution in [1.29, 1.82) is 0 Å². The third-order valence-corrected chi connectivity index (χ3v) is 5.66. The van der Waals surface area contributed by atoms with Crippen molar-refractivity contribution in [2.45, 2.75) is 0 Å². The van der Waals surface area contributed by atoms with Crippen LogP contribution < -0.4 is 14.8 Å². The largest absolute Gasteiger partial charge is 0.493 e. The molecule has 0 aliphatic rings. The molecule has 0 spiro atoms. The van der Waals surface area contributed by atoms with Gasteiger partial charge >= 0.3 is 0 Å². The molecule has 10 heteroatoms. The number of hydrogen-bond acceptors (Lipinski definition) is 8. The quantitative estimate of drug-likeness (QED) is 0.302. The van der Waals surface area contributed by atoms with Crippen LogP contribution in [0.2, 0.25) is 0 Å². The molecule has 2 aromatic carbocycles. The molecule has 9 nitrogen and oxygen atoms in total. The first-order chi connectivity index (χ1) is 16.0. The van der Waals surface area contributed by atoms with E-state index >= 15 is 0 Å². The van der Waals surface area contributed by atoms with Crippen LogP contribution in [-0.4, -0.2) is 35.0 Å². The van der Waals surface area contributed by atoms with Gasteiger partial charge in [-0.15, -0.1) is 11.3 Å². The summed E-state index contributed by atoms with van der Waals surface area (Å²) in [6.45, 7) is 0. The van der Waals surface area contributed by atoms with Crippen molar-refractivity contribution in [3.05, 3.63) is 82.0 Å². The molecule has 4 aromatic rings. The molecule has 0 aliphatic carbocycles. The Morgan fingerprint density at radius 1 is 1.06 bits per heavy atom. The Hall–Kier alpha value is -4.31. The fourth-order valence-electron chi connectivity index (χ4n) is 3.18. The minimum absolute atomic E-state index is 0.143. The van der Waals surface area contributed by atoms with Crippen LogP contribution in [0.15, 0.2) is 66.3 Å². The monoisotopic (exact) mass is 462 g/mol. The lowest BCUT2D eigenvalue weighted by molar-refractivity contribution is -0.385. The zero-order valence-electron chi connectivity index (χ0n) is 17.6. The van der Waals surface area contributed by atoms with Gasteiger partial charge < -0.3 is 14.8 Å². The number of hydrogen-bond donors (Lipinski definition) is 1. The number of anilines is 1. The van der Waals surface area contributed by atoms with Crippen LogP contribution in [0.3, 0.4) is 0 Å². The molecule has 0 atom stereocenters.